The van der Waals surface area contributed by atoms with Crippen molar-refractivity contribution in [3.63, 3.8) is 0 Å². The highest BCUT2D eigenvalue weighted by atomic mass is 16.5. The van der Waals surface area contributed by atoms with Crippen molar-refractivity contribution in [1.29, 1.82) is 5.26 Å². The predicted molar refractivity (Wildman–Crippen MR) is 90.3 cm³/mol. The standard InChI is InChI=1S/C18H21N3O2/c1-4-23-18(22)11-14(3)20-17-6-5-9-21(17)16-8-7-15(12-19)10-13(16)2/h7-8,10-11H,4-6,9H2,1-3H3/b14-11+,20-17?. The number of carbonyl (C=O) groups excluding carboxylic acids is 1. The SMILES string of the molecule is CCOC(=O)/C=C(\C)N=C1CCCN1c1ccc(C#N)cc1C. The molecule has 5 heteroatoms. The first kappa shape index (κ1) is 16.8. The minimum absolute atomic E-state index is 0.357. The zero-order valence-corrected chi connectivity index (χ0v) is 13.8. The monoisotopic (exact) mass is 311 g/mol. The molecule has 1 aromatic rings. The molecule has 1 saturated heterocycles. The number of benzene rings is 1. The molecular weight excluding hydrogens is 290 g/mol. The van der Waals surface area contributed by atoms with Gasteiger partial charge in [0.2, 0.25) is 0 Å². The summed E-state index contributed by atoms with van der Waals surface area (Å²) in [5.41, 5.74) is 3.40. The van der Waals surface area contributed by atoms with E-state index in [1.54, 1.807) is 13.8 Å². The summed E-state index contributed by atoms with van der Waals surface area (Å²) >= 11 is 0. The van der Waals surface area contributed by atoms with Crippen molar-refractivity contribution >= 4 is 17.5 Å². The molecule has 120 valence electrons. The summed E-state index contributed by atoms with van der Waals surface area (Å²) in [6.45, 7) is 6.81. The second-order valence-electron chi connectivity index (χ2n) is 5.43. The number of esters is 1. The number of rotatable bonds is 4. The van der Waals surface area contributed by atoms with Gasteiger partial charge in [-0.15, -0.1) is 0 Å². The van der Waals surface area contributed by atoms with E-state index in [2.05, 4.69) is 16.0 Å². The minimum Gasteiger partial charge on any atom is -0.463 e. The van der Waals surface area contributed by atoms with Crippen molar-refractivity contribution in [3.05, 3.63) is 41.1 Å². The quantitative estimate of drug-likeness (QED) is 0.632. The highest BCUT2D eigenvalue weighted by Gasteiger charge is 2.21. The number of nitrogens with zero attached hydrogens (tertiary/aromatic N) is 3. The molecule has 1 fully saturated rings. The van der Waals surface area contributed by atoms with Gasteiger partial charge in [0.25, 0.3) is 0 Å². The Hall–Kier alpha value is -2.61. The Morgan fingerprint density at radius 1 is 1.52 bits per heavy atom. The van der Waals surface area contributed by atoms with Crippen LogP contribution in [0, 0.1) is 18.3 Å². The Bertz CT molecular complexity index is 699. The van der Waals surface area contributed by atoms with E-state index in [1.807, 2.05) is 25.1 Å². The van der Waals surface area contributed by atoms with Crippen LogP contribution < -0.4 is 4.90 Å². The molecule has 0 aromatic heterocycles. The minimum atomic E-state index is -0.367. The van der Waals surface area contributed by atoms with Crippen LogP contribution in [0.5, 0.6) is 0 Å². The molecule has 23 heavy (non-hydrogen) atoms. The van der Waals surface area contributed by atoms with Gasteiger partial charge in [0.05, 0.1) is 18.2 Å². The third-order valence-corrected chi connectivity index (χ3v) is 3.63. The molecule has 0 amide bonds. The summed E-state index contributed by atoms with van der Waals surface area (Å²) in [7, 11) is 0. The number of hydrogen-bond donors (Lipinski definition) is 0. The third-order valence-electron chi connectivity index (χ3n) is 3.63. The normalized spacial score (nSPS) is 16.5. The Kier molecular flexibility index (Phi) is 5.53. The fourth-order valence-corrected chi connectivity index (χ4v) is 2.65. The van der Waals surface area contributed by atoms with E-state index in [0.29, 0.717) is 17.9 Å². The van der Waals surface area contributed by atoms with Crippen LogP contribution in [0.2, 0.25) is 0 Å². The number of aryl methyl sites for hydroxylation is 1. The molecule has 1 aromatic carbocycles. The van der Waals surface area contributed by atoms with Crippen LogP contribution in [-0.4, -0.2) is 25.0 Å². The van der Waals surface area contributed by atoms with Gasteiger partial charge in [-0.2, -0.15) is 5.26 Å². The van der Waals surface area contributed by atoms with Crippen LogP contribution in [0.1, 0.15) is 37.8 Å². The number of aliphatic imine (C=N–C) groups is 1. The third kappa shape index (κ3) is 4.19. The average molecular weight is 311 g/mol. The fraction of sp³-hybridized carbons (Fsp3) is 0.389. The summed E-state index contributed by atoms with van der Waals surface area (Å²) < 4.78 is 4.90. The number of amidine groups is 1. The van der Waals surface area contributed by atoms with Crippen LogP contribution in [0.3, 0.4) is 0 Å². The van der Waals surface area contributed by atoms with Gasteiger partial charge in [-0.05, 0) is 51.0 Å². The van der Waals surface area contributed by atoms with Crippen molar-refractivity contribution in [2.75, 3.05) is 18.1 Å². The summed E-state index contributed by atoms with van der Waals surface area (Å²) in [5.74, 6) is 0.573. The maximum atomic E-state index is 11.5. The topological polar surface area (TPSA) is 65.7 Å². The highest BCUT2D eigenvalue weighted by molar-refractivity contribution is 6.01. The number of anilines is 1. The summed E-state index contributed by atoms with van der Waals surface area (Å²) in [4.78, 5) is 18.2. The second-order valence-corrected chi connectivity index (χ2v) is 5.43. The molecule has 0 atom stereocenters. The number of hydrogen-bond acceptors (Lipinski definition) is 4. The van der Waals surface area contributed by atoms with E-state index in [-0.39, 0.29) is 5.97 Å². The number of nitriles is 1. The molecular formula is C18H21N3O2. The van der Waals surface area contributed by atoms with Gasteiger partial charge in [-0.1, -0.05) is 0 Å². The fourth-order valence-electron chi connectivity index (χ4n) is 2.65. The lowest BCUT2D eigenvalue weighted by Crippen LogP contribution is -2.25. The molecule has 0 saturated carbocycles. The van der Waals surface area contributed by atoms with Gasteiger partial charge in [0.1, 0.15) is 5.84 Å². The van der Waals surface area contributed by atoms with Crippen molar-refractivity contribution in [3.8, 4) is 6.07 Å². The first-order valence-corrected chi connectivity index (χ1v) is 7.76. The first-order valence-electron chi connectivity index (χ1n) is 7.76. The molecule has 0 aliphatic carbocycles. The molecule has 0 unspecified atom stereocenters. The first-order chi connectivity index (χ1) is 11.0. The molecule has 1 aliphatic rings. The highest BCUT2D eigenvalue weighted by Crippen LogP contribution is 2.27. The van der Waals surface area contributed by atoms with Gasteiger partial charge >= 0.3 is 5.97 Å². The van der Waals surface area contributed by atoms with Crippen molar-refractivity contribution in [2.24, 2.45) is 4.99 Å². The lowest BCUT2D eigenvalue weighted by Gasteiger charge is -2.21. The number of allylic oxidation sites excluding steroid dienone is 1. The van der Waals surface area contributed by atoms with E-state index in [4.69, 9.17) is 10.00 Å². The van der Waals surface area contributed by atoms with E-state index >= 15 is 0 Å². The van der Waals surface area contributed by atoms with Crippen LogP contribution in [-0.2, 0) is 9.53 Å². The van der Waals surface area contributed by atoms with E-state index in [1.165, 1.54) is 6.08 Å². The lowest BCUT2D eigenvalue weighted by molar-refractivity contribution is -0.137. The van der Waals surface area contributed by atoms with Gasteiger partial charge in [-0.25, -0.2) is 9.79 Å². The van der Waals surface area contributed by atoms with Crippen LogP contribution in [0.15, 0.2) is 35.0 Å². The van der Waals surface area contributed by atoms with Gasteiger partial charge < -0.3 is 9.64 Å². The predicted octanol–water partition coefficient (Wildman–Crippen LogP) is 3.33. The molecule has 1 heterocycles. The zero-order chi connectivity index (χ0) is 16.8. The molecule has 2 rings (SSSR count). The van der Waals surface area contributed by atoms with Crippen LogP contribution in [0.4, 0.5) is 5.69 Å². The molecule has 0 bridgehead atoms. The largest absolute Gasteiger partial charge is 0.463 e. The summed E-state index contributed by atoms with van der Waals surface area (Å²) in [6.07, 6.45) is 3.30. The zero-order valence-electron chi connectivity index (χ0n) is 13.8. The maximum absolute atomic E-state index is 11.5. The average Bonchev–Trinajstić information content (AvgIpc) is 2.94. The summed E-state index contributed by atoms with van der Waals surface area (Å²) in [6, 6.07) is 7.81. The maximum Gasteiger partial charge on any atom is 0.332 e. The van der Waals surface area contributed by atoms with Crippen molar-refractivity contribution in [1.82, 2.24) is 0 Å². The van der Waals surface area contributed by atoms with Crippen LogP contribution >= 0.6 is 0 Å². The van der Waals surface area contributed by atoms with E-state index in [9.17, 15) is 4.79 Å². The van der Waals surface area contributed by atoms with E-state index in [0.717, 1.165) is 36.5 Å². The number of ether oxygens (including phenoxy) is 1. The molecule has 1 aliphatic heterocycles. The number of carbonyl (C=O) groups is 1. The van der Waals surface area contributed by atoms with Crippen molar-refractivity contribution in [2.45, 2.75) is 33.6 Å². The lowest BCUT2D eigenvalue weighted by atomic mass is 10.1. The Morgan fingerprint density at radius 3 is 2.96 bits per heavy atom. The van der Waals surface area contributed by atoms with E-state index < -0.39 is 0 Å². The smallest absolute Gasteiger partial charge is 0.332 e. The van der Waals surface area contributed by atoms with Gasteiger partial charge in [0, 0.05) is 30.4 Å². The van der Waals surface area contributed by atoms with Gasteiger partial charge in [-0.3, -0.25) is 0 Å². The molecule has 0 radical (unpaired) electrons. The molecule has 5 nitrogen and oxygen atoms in total. The molecule has 0 N–H and O–H groups in total. The Balaban J connectivity index is 2.25. The van der Waals surface area contributed by atoms with Gasteiger partial charge in [0.15, 0.2) is 0 Å². The van der Waals surface area contributed by atoms with Crippen LogP contribution in [0.25, 0.3) is 0 Å². The molecule has 0 spiro atoms. The van der Waals surface area contributed by atoms with Crippen molar-refractivity contribution < 1.29 is 9.53 Å². The Morgan fingerprint density at radius 2 is 2.30 bits per heavy atom. The Labute approximate surface area is 136 Å². The second kappa shape index (κ2) is 7.59. The summed E-state index contributed by atoms with van der Waals surface area (Å²) in [5, 5.41) is 8.98.